The van der Waals surface area contributed by atoms with E-state index >= 15 is 0 Å². The lowest BCUT2D eigenvalue weighted by Gasteiger charge is -2.30. The quantitative estimate of drug-likeness (QED) is 0.617. The predicted molar refractivity (Wildman–Crippen MR) is 100 cm³/mol. The van der Waals surface area contributed by atoms with Crippen LogP contribution in [0.4, 0.5) is 13.2 Å². The lowest BCUT2D eigenvalue weighted by Crippen LogP contribution is -2.38. The summed E-state index contributed by atoms with van der Waals surface area (Å²) >= 11 is 0. The SMILES string of the molecule is Cc1cc(C(F)(F)F)c2c(C3CCN(S(=O)(=O)c4cnn(C)c4C)CC3)noc2n1. The molecule has 0 bridgehead atoms. The molecule has 0 aliphatic carbocycles. The van der Waals surface area contributed by atoms with Crippen LogP contribution in [0.3, 0.4) is 0 Å². The van der Waals surface area contributed by atoms with E-state index in [0.29, 0.717) is 18.5 Å². The maximum atomic E-state index is 13.6. The van der Waals surface area contributed by atoms with Crippen LogP contribution in [-0.2, 0) is 23.2 Å². The van der Waals surface area contributed by atoms with E-state index in [4.69, 9.17) is 4.52 Å². The Morgan fingerprint density at radius 2 is 1.87 bits per heavy atom. The molecule has 1 aliphatic rings. The van der Waals surface area contributed by atoms with Crippen molar-refractivity contribution in [3.8, 4) is 0 Å². The summed E-state index contributed by atoms with van der Waals surface area (Å²) in [5.74, 6) is -0.363. The lowest BCUT2D eigenvalue weighted by molar-refractivity contribution is -0.136. The molecule has 3 aromatic heterocycles. The number of hydrogen-bond donors (Lipinski definition) is 0. The maximum Gasteiger partial charge on any atom is 0.417 e. The minimum Gasteiger partial charge on any atom is -0.336 e. The highest BCUT2D eigenvalue weighted by molar-refractivity contribution is 7.89. The van der Waals surface area contributed by atoms with Gasteiger partial charge in [0.15, 0.2) is 0 Å². The number of rotatable bonds is 3. The van der Waals surface area contributed by atoms with Gasteiger partial charge in [0.1, 0.15) is 4.90 Å². The van der Waals surface area contributed by atoms with Gasteiger partial charge < -0.3 is 4.52 Å². The zero-order valence-corrected chi connectivity index (χ0v) is 17.4. The summed E-state index contributed by atoms with van der Waals surface area (Å²) in [5.41, 5.74) is -0.0961. The summed E-state index contributed by atoms with van der Waals surface area (Å²) < 4.78 is 74.5. The first kappa shape index (κ1) is 20.8. The normalized spacial score (nSPS) is 17.1. The molecule has 0 amide bonds. The molecule has 12 heteroatoms. The number of halogens is 3. The molecule has 0 saturated carbocycles. The average molecular weight is 443 g/mol. The highest BCUT2D eigenvalue weighted by Gasteiger charge is 2.39. The number of piperidine rings is 1. The smallest absolute Gasteiger partial charge is 0.336 e. The molecule has 0 spiro atoms. The van der Waals surface area contributed by atoms with Crippen molar-refractivity contribution in [1.29, 1.82) is 0 Å². The van der Waals surface area contributed by atoms with E-state index < -0.39 is 21.8 Å². The standard InChI is InChI=1S/C18H20F3N5O3S/c1-10-8-13(18(19,20)21)15-16(24-29-17(15)23-10)12-4-6-26(7-5-12)30(27,28)14-9-22-25(3)11(14)2/h8-9,12H,4-7H2,1-3H3. The van der Waals surface area contributed by atoms with E-state index in [0.717, 1.165) is 6.07 Å². The van der Waals surface area contributed by atoms with Gasteiger partial charge in [0.2, 0.25) is 10.0 Å². The number of aryl methyl sites for hydroxylation is 2. The minimum atomic E-state index is -4.58. The summed E-state index contributed by atoms with van der Waals surface area (Å²) in [5, 5.41) is 7.72. The molecule has 162 valence electrons. The molecule has 0 unspecified atom stereocenters. The molecule has 1 saturated heterocycles. The molecule has 1 fully saturated rings. The van der Waals surface area contributed by atoms with Crippen molar-refractivity contribution in [2.24, 2.45) is 7.05 Å². The van der Waals surface area contributed by atoms with Crippen molar-refractivity contribution in [1.82, 2.24) is 24.2 Å². The van der Waals surface area contributed by atoms with Gasteiger partial charge in [0.05, 0.1) is 28.5 Å². The van der Waals surface area contributed by atoms with Gasteiger partial charge in [0.25, 0.3) is 5.71 Å². The van der Waals surface area contributed by atoms with Gasteiger partial charge >= 0.3 is 6.18 Å². The van der Waals surface area contributed by atoms with Crippen LogP contribution in [0.5, 0.6) is 0 Å². The molecule has 8 nitrogen and oxygen atoms in total. The Morgan fingerprint density at radius 1 is 1.20 bits per heavy atom. The Bertz CT molecular complexity index is 1210. The first-order valence-electron chi connectivity index (χ1n) is 9.33. The monoisotopic (exact) mass is 443 g/mol. The molecule has 0 radical (unpaired) electrons. The summed E-state index contributed by atoms with van der Waals surface area (Å²) in [7, 11) is -2.07. The number of alkyl halides is 3. The topological polar surface area (TPSA) is 94.1 Å². The largest absolute Gasteiger partial charge is 0.417 e. The molecule has 0 N–H and O–H groups in total. The fourth-order valence-corrected chi connectivity index (χ4v) is 5.49. The number of aromatic nitrogens is 4. The van der Waals surface area contributed by atoms with Crippen molar-refractivity contribution in [3.63, 3.8) is 0 Å². The van der Waals surface area contributed by atoms with E-state index in [9.17, 15) is 21.6 Å². The zero-order valence-electron chi connectivity index (χ0n) is 16.6. The molecule has 4 heterocycles. The number of hydrogen-bond acceptors (Lipinski definition) is 6. The van der Waals surface area contributed by atoms with E-state index in [1.807, 2.05) is 0 Å². The van der Waals surface area contributed by atoms with Crippen LogP contribution in [0.1, 0.15) is 41.4 Å². The summed E-state index contributed by atoms with van der Waals surface area (Å²) in [6.45, 7) is 3.45. The number of pyridine rings is 1. The van der Waals surface area contributed by atoms with Crippen molar-refractivity contribution in [3.05, 3.63) is 34.9 Å². The fourth-order valence-electron chi connectivity index (χ4n) is 3.84. The molecule has 1 aliphatic heterocycles. The Balaban J connectivity index is 1.62. The van der Waals surface area contributed by atoms with Crippen LogP contribution >= 0.6 is 0 Å². The average Bonchev–Trinajstić information content (AvgIpc) is 3.24. The number of fused-ring (bicyclic) bond motifs is 1. The lowest BCUT2D eigenvalue weighted by atomic mass is 9.91. The summed E-state index contributed by atoms with van der Waals surface area (Å²) in [6.07, 6.45) is -2.61. The van der Waals surface area contributed by atoms with Crippen molar-refractivity contribution >= 4 is 21.1 Å². The molecule has 0 aromatic carbocycles. The van der Waals surface area contributed by atoms with Crippen LogP contribution in [0.15, 0.2) is 21.7 Å². The van der Waals surface area contributed by atoms with Gasteiger partial charge in [-0.3, -0.25) is 4.68 Å². The molecular weight excluding hydrogens is 423 g/mol. The Morgan fingerprint density at radius 3 is 2.43 bits per heavy atom. The van der Waals surface area contributed by atoms with Crippen LogP contribution in [0, 0.1) is 13.8 Å². The highest BCUT2D eigenvalue weighted by Crippen LogP contribution is 2.40. The maximum absolute atomic E-state index is 13.6. The van der Waals surface area contributed by atoms with Gasteiger partial charge in [0, 0.05) is 31.7 Å². The summed E-state index contributed by atoms with van der Waals surface area (Å²) in [4.78, 5) is 4.16. The first-order valence-corrected chi connectivity index (χ1v) is 10.8. The third-order valence-electron chi connectivity index (χ3n) is 5.55. The van der Waals surface area contributed by atoms with E-state index in [1.54, 1.807) is 14.0 Å². The molecule has 30 heavy (non-hydrogen) atoms. The van der Waals surface area contributed by atoms with E-state index in [-0.39, 0.29) is 46.4 Å². The van der Waals surface area contributed by atoms with Gasteiger partial charge in [-0.1, -0.05) is 5.16 Å². The first-order chi connectivity index (χ1) is 14.0. The van der Waals surface area contributed by atoms with Crippen LogP contribution in [0.2, 0.25) is 0 Å². The second-order valence-electron chi connectivity index (χ2n) is 7.45. The van der Waals surface area contributed by atoms with E-state index in [2.05, 4.69) is 15.2 Å². The third-order valence-corrected chi connectivity index (χ3v) is 7.56. The summed E-state index contributed by atoms with van der Waals surface area (Å²) in [6, 6.07) is 0.980. The van der Waals surface area contributed by atoms with Crippen molar-refractivity contribution < 1.29 is 26.1 Å². The second kappa shape index (κ2) is 7.05. The van der Waals surface area contributed by atoms with Gasteiger partial charge in [-0.15, -0.1) is 0 Å². The Hall–Kier alpha value is -2.47. The van der Waals surface area contributed by atoms with Crippen LogP contribution in [0.25, 0.3) is 11.1 Å². The van der Waals surface area contributed by atoms with Gasteiger partial charge in [-0.2, -0.15) is 22.6 Å². The molecular formula is C18H20F3N5O3S. The van der Waals surface area contributed by atoms with Crippen LogP contribution < -0.4 is 0 Å². The fraction of sp³-hybridized carbons (Fsp3) is 0.500. The number of sulfonamides is 1. The van der Waals surface area contributed by atoms with Crippen molar-refractivity contribution in [2.75, 3.05) is 13.1 Å². The Kier molecular flexibility index (Phi) is 4.88. The molecule has 4 rings (SSSR count). The zero-order chi connectivity index (χ0) is 21.8. The highest BCUT2D eigenvalue weighted by atomic mass is 32.2. The van der Waals surface area contributed by atoms with Crippen molar-refractivity contribution in [2.45, 2.75) is 43.7 Å². The van der Waals surface area contributed by atoms with Gasteiger partial charge in [-0.25, -0.2) is 13.4 Å². The third kappa shape index (κ3) is 3.37. The molecule has 3 aromatic rings. The number of nitrogens with zero attached hydrogens (tertiary/aromatic N) is 5. The predicted octanol–water partition coefficient (Wildman–Crippen LogP) is 3.16. The van der Waals surface area contributed by atoms with Crippen LogP contribution in [-0.4, -0.2) is 45.7 Å². The molecule has 0 atom stereocenters. The minimum absolute atomic E-state index is 0.134. The van der Waals surface area contributed by atoms with E-state index in [1.165, 1.54) is 22.1 Å². The second-order valence-corrected chi connectivity index (χ2v) is 9.36. The van der Waals surface area contributed by atoms with Gasteiger partial charge in [-0.05, 0) is 32.8 Å². The Labute approximate surface area is 170 Å².